The van der Waals surface area contributed by atoms with Gasteiger partial charge in [0.15, 0.2) is 0 Å². The second kappa shape index (κ2) is 12.7. The van der Waals surface area contributed by atoms with Gasteiger partial charge in [-0.15, -0.1) is 0 Å². The van der Waals surface area contributed by atoms with Gasteiger partial charge < -0.3 is 0 Å². The Kier molecular flexibility index (Phi) is 7.21. The second-order valence-corrected chi connectivity index (χ2v) is 14.3. The highest BCUT2D eigenvalue weighted by Gasteiger charge is 2.21. The van der Waals surface area contributed by atoms with Gasteiger partial charge in [0.2, 0.25) is 0 Å². The van der Waals surface area contributed by atoms with Crippen LogP contribution in [0.5, 0.6) is 0 Å². The molecule has 55 heavy (non-hydrogen) atoms. The predicted octanol–water partition coefficient (Wildman–Crippen LogP) is 14.3. The Hall–Kier alpha value is -7.29. The van der Waals surface area contributed by atoms with Crippen molar-refractivity contribution in [1.29, 1.82) is 0 Å². The molecule has 11 rings (SSSR count). The topological polar surface area (TPSA) is 17.8 Å². The van der Waals surface area contributed by atoms with Gasteiger partial charge in [-0.25, -0.2) is 4.98 Å². The lowest BCUT2D eigenvalue weighted by Gasteiger charge is -2.19. The minimum Gasteiger partial charge on any atom is -0.292 e. The van der Waals surface area contributed by atoms with Gasteiger partial charge in [-0.3, -0.25) is 4.57 Å². The molecule has 2 heteroatoms. The van der Waals surface area contributed by atoms with Crippen LogP contribution in [0.25, 0.3) is 105 Å². The number of imidazole rings is 1. The number of rotatable bonds is 5. The summed E-state index contributed by atoms with van der Waals surface area (Å²) in [6.07, 6.45) is 0. The Morgan fingerprint density at radius 1 is 0.291 bits per heavy atom. The molecule has 0 aliphatic rings. The van der Waals surface area contributed by atoms with Crippen molar-refractivity contribution >= 4 is 54.1 Å². The molecule has 1 heterocycles. The Balaban J connectivity index is 1.14. The zero-order valence-corrected chi connectivity index (χ0v) is 30.0. The van der Waals surface area contributed by atoms with Gasteiger partial charge in [0.05, 0.1) is 11.0 Å². The van der Waals surface area contributed by atoms with Gasteiger partial charge in [-0.05, 0) is 83.9 Å². The lowest BCUT2D eigenvalue weighted by molar-refractivity contribution is 1.11. The predicted molar refractivity (Wildman–Crippen MR) is 233 cm³/mol. The van der Waals surface area contributed by atoms with Crippen LogP contribution in [-0.4, -0.2) is 9.55 Å². The van der Waals surface area contributed by atoms with Crippen LogP contribution in [0.1, 0.15) is 0 Å². The summed E-state index contributed by atoms with van der Waals surface area (Å²) in [6.45, 7) is 0. The summed E-state index contributed by atoms with van der Waals surface area (Å²) in [5.41, 5.74) is 11.6. The molecule has 0 saturated carbocycles. The number of hydrogen-bond donors (Lipinski definition) is 0. The Morgan fingerprint density at radius 3 is 1.33 bits per heavy atom. The van der Waals surface area contributed by atoms with E-state index in [4.69, 9.17) is 4.98 Å². The number of fused-ring (bicyclic) bond motifs is 8. The summed E-state index contributed by atoms with van der Waals surface area (Å²) < 4.78 is 2.36. The molecule has 2 nitrogen and oxygen atoms in total. The molecule has 11 aromatic rings. The third-order valence-corrected chi connectivity index (χ3v) is 11.2. The molecular formula is C53H34N2. The van der Waals surface area contributed by atoms with E-state index in [1.165, 1.54) is 71.1 Å². The third-order valence-electron chi connectivity index (χ3n) is 11.2. The first-order chi connectivity index (χ1) is 27.3. The van der Waals surface area contributed by atoms with Crippen molar-refractivity contribution < 1.29 is 0 Å². The van der Waals surface area contributed by atoms with E-state index in [-0.39, 0.29) is 0 Å². The molecular weight excluding hydrogens is 665 g/mol. The van der Waals surface area contributed by atoms with Crippen molar-refractivity contribution in [3.8, 4) is 50.5 Å². The van der Waals surface area contributed by atoms with Crippen molar-refractivity contribution in [2.24, 2.45) is 0 Å². The van der Waals surface area contributed by atoms with Gasteiger partial charge in [-0.2, -0.15) is 0 Å². The molecule has 1 aromatic heterocycles. The van der Waals surface area contributed by atoms with E-state index in [2.05, 4.69) is 211 Å². The molecule has 0 unspecified atom stereocenters. The van der Waals surface area contributed by atoms with Gasteiger partial charge in [0, 0.05) is 22.0 Å². The van der Waals surface area contributed by atoms with Crippen molar-refractivity contribution in [3.63, 3.8) is 0 Å². The molecule has 0 aliphatic heterocycles. The fraction of sp³-hybridized carbons (Fsp3) is 0. The smallest absolute Gasteiger partial charge is 0.145 e. The number of nitrogens with zero attached hydrogens (tertiary/aromatic N) is 2. The molecule has 0 spiro atoms. The quantitative estimate of drug-likeness (QED) is 0.129. The highest BCUT2D eigenvalue weighted by atomic mass is 15.1. The minimum atomic E-state index is 0.934. The fourth-order valence-electron chi connectivity index (χ4n) is 8.73. The minimum absolute atomic E-state index is 0.934. The maximum Gasteiger partial charge on any atom is 0.145 e. The van der Waals surface area contributed by atoms with Crippen molar-refractivity contribution in [2.75, 3.05) is 0 Å². The van der Waals surface area contributed by atoms with Gasteiger partial charge in [0.1, 0.15) is 5.82 Å². The van der Waals surface area contributed by atoms with Crippen LogP contribution in [0.3, 0.4) is 0 Å². The first-order valence-electron chi connectivity index (χ1n) is 18.9. The molecule has 0 atom stereocenters. The number of benzene rings is 10. The lowest BCUT2D eigenvalue weighted by atomic mass is 9.85. The van der Waals surface area contributed by atoms with E-state index in [1.54, 1.807) is 0 Å². The van der Waals surface area contributed by atoms with E-state index in [0.29, 0.717) is 0 Å². The molecule has 0 amide bonds. The fourth-order valence-corrected chi connectivity index (χ4v) is 8.73. The highest BCUT2D eigenvalue weighted by Crippen LogP contribution is 2.45. The summed E-state index contributed by atoms with van der Waals surface area (Å²) in [4.78, 5) is 5.41. The van der Waals surface area contributed by atoms with Gasteiger partial charge >= 0.3 is 0 Å². The van der Waals surface area contributed by atoms with Gasteiger partial charge in [0.25, 0.3) is 0 Å². The van der Waals surface area contributed by atoms with Gasteiger partial charge in [-0.1, -0.05) is 188 Å². The maximum absolute atomic E-state index is 5.41. The third kappa shape index (κ3) is 5.00. The number of hydrogen-bond acceptors (Lipinski definition) is 1. The summed E-state index contributed by atoms with van der Waals surface area (Å²) in [7, 11) is 0. The maximum atomic E-state index is 5.41. The summed E-state index contributed by atoms with van der Waals surface area (Å²) in [6, 6.07) is 74.5. The van der Waals surface area contributed by atoms with Crippen LogP contribution >= 0.6 is 0 Å². The Bertz CT molecular complexity index is 3220. The Labute approximate surface area is 319 Å². The van der Waals surface area contributed by atoms with Crippen LogP contribution < -0.4 is 0 Å². The molecule has 0 bridgehead atoms. The standard InChI is InChI=1S/C53H34N2/c1-4-16-36(17-5-1)49-43-24-12-13-25-44(43)50(37-18-6-2-7-19-37)48-34-39(30-33-45(48)49)35-28-31-40(32-29-35)55-52-47-27-15-11-23-42(47)41-22-10-14-26-46(41)51(52)54-53(55)38-20-8-3-9-21-38/h1-34H. The molecule has 0 aliphatic carbocycles. The van der Waals surface area contributed by atoms with Crippen molar-refractivity contribution in [2.45, 2.75) is 0 Å². The van der Waals surface area contributed by atoms with Crippen LogP contribution in [-0.2, 0) is 0 Å². The highest BCUT2D eigenvalue weighted by molar-refractivity contribution is 6.24. The number of aromatic nitrogens is 2. The van der Waals surface area contributed by atoms with Crippen molar-refractivity contribution in [1.82, 2.24) is 9.55 Å². The zero-order chi connectivity index (χ0) is 36.3. The average molecular weight is 699 g/mol. The second-order valence-electron chi connectivity index (χ2n) is 14.3. The summed E-state index contributed by atoms with van der Waals surface area (Å²) in [5, 5.41) is 9.83. The largest absolute Gasteiger partial charge is 0.292 e. The molecule has 10 aromatic carbocycles. The summed E-state index contributed by atoms with van der Waals surface area (Å²) in [5.74, 6) is 0.934. The van der Waals surface area contributed by atoms with Crippen LogP contribution in [0, 0.1) is 0 Å². The van der Waals surface area contributed by atoms with Crippen molar-refractivity contribution in [3.05, 3.63) is 206 Å². The van der Waals surface area contributed by atoms with Crippen LogP contribution in [0.2, 0.25) is 0 Å². The first-order valence-corrected chi connectivity index (χ1v) is 18.9. The summed E-state index contributed by atoms with van der Waals surface area (Å²) >= 11 is 0. The van der Waals surface area contributed by atoms with E-state index in [1.807, 2.05) is 0 Å². The molecule has 256 valence electrons. The van der Waals surface area contributed by atoms with E-state index >= 15 is 0 Å². The first kappa shape index (κ1) is 31.3. The molecule has 0 fully saturated rings. The average Bonchev–Trinajstić information content (AvgIpc) is 3.68. The normalized spacial score (nSPS) is 11.6. The Morgan fingerprint density at radius 2 is 0.727 bits per heavy atom. The van der Waals surface area contributed by atoms with Crippen LogP contribution in [0.15, 0.2) is 206 Å². The van der Waals surface area contributed by atoms with E-state index < -0.39 is 0 Å². The monoisotopic (exact) mass is 698 g/mol. The van der Waals surface area contributed by atoms with E-state index in [0.717, 1.165) is 33.5 Å². The molecule has 0 radical (unpaired) electrons. The van der Waals surface area contributed by atoms with E-state index in [9.17, 15) is 0 Å². The molecule has 0 saturated heterocycles. The SMILES string of the molecule is c1ccc(-c2c3ccccc3c(-c3ccccc3)c3cc(-c4ccc(-n5c(-c6ccccc6)nc6c7ccccc7c7ccccc7c65)cc4)ccc23)cc1. The zero-order valence-electron chi connectivity index (χ0n) is 30.0. The molecule has 0 N–H and O–H groups in total. The lowest BCUT2D eigenvalue weighted by Crippen LogP contribution is -1.98. The van der Waals surface area contributed by atoms with Crippen LogP contribution in [0.4, 0.5) is 0 Å².